The van der Waals surface area contributed by atoms with Gasteiger partial charge in [0.15, 0.2) is 0 Å². The van der Waals surface area contributed by atoms with Gasteiger partial charge < -0.3 is 0 Å². The summed E-state index contributed by atoms with van der Waals surface area (Å²) in [5, 5.41) is 0. The van der Waals surface area contributed by atoms with E-state index in [1.54, 1.807) is 14.2 Å². The van der Waals surface area contributed by atoms with E-state index in [-0.39, 0.29) is 0 Å². The van der Waals surface area contributed by atoms with E-state index in [2.05, 4.69) is 25.8 Å². The molecule has 0 bridgehead atoms. The summed E-state index contributed by atoms with van der Waals surface area (Å²) in [5.74, 6) is 1.42. The number of allylic oxidation sites excluding steroid dienone is 3. The summed E-state index contributed by atoms with van der Waals surface area (Å²) in [7, 11) is 3.42. The molecule has 0 saturated carbocycles. The SMILES string of the molecule is C=CC(CCOC)CC(C=C)CC(C=C)CCO[I-]OC. The average Bonchev–Trinajstić information content (AvgIpc) is 2.52. The molecule has 0 radical (unpaired) electrons. The molecular formula is C17H30IO3-. The fraction of sp³-hybridized carbons (Fsp3) is 0.647. The summed E-state index contributed by atoms with van der Waals surface area (Å²) in [4.78, 5) is 0. The molecule has 0 amide bonds. The third-order valence-corrected chi connectivity index (χ3v) is 4.63. The van der Waals surface area contributed by atoms with E-state index in [1.807, 2.05) is 12.2 Å². The van der Waals surface area contributed by atoms with E-state index in [9.17, 15) is 0 Å². The van der Waals surface area contributed by atoms with Gasteiger partial charge in [0, 0.05) is 0 Å². The normalized spacial score (nSPS) is 15.3. The summed E-state index contributed by atoms with van der Waals surface area (Å²) in [6, 6.07) is 0. The Balaban J connectivity index is 4.20. The number of methoxy groups -OCH3 is 1. The molecule has 0 aliphatic carbocycles. The van der Waals surface area contributed by atoms with Crippen LogP contribution < -0.4 is 22.0 Å². The van der Waals surface area contributed by atoms with E-state index in [1.165, 1.54) is 0 Å². The molecule has 0 saturated heterocycles. The van der Waals surface area contributed by atoms with E-state index in [4.69, 9.17) is 10.9 Å². The molecule has 0 aliphatic heterocycles. The first-order valence-corrected chi connectivity index (χ1v) is 9.14. The quantitative estimate of drug-likeness (QED) is 0.231. The van der Waals surface area contributed by atoms with Crippen LogP contribution in [0.3, 0.4) is 0 Å². The van der Waals surface area contributed by atoms with Gasteiger partial charge in [-0.05, 0) is 0 Å². The van der Waals surface area contributed by atoms with Gasteiger partial charge in [0.1, 0.15) is 0 Å². The van der Waals surface area contributed by atoms with Crippen LogP contribution in [-0.2, 0) is 10.9 Å². The van der Waals surface area contributed by atoms with Gasteiger partial charge in [-0.1, -0.05) is 0 Å². The molecular weight excluding hydrogens is 379 g/mol. The first kappa shape index (κ1) is 20.8. The monoisotopic (exact) mass is 409 g/mol. The van der Waals surface area contributed by atoms with Crippen LogP contribution in [0.5, 0.6) is 0 Å². The van der Waals surface area contributed by atoms with Crippen molar-refractivity contribution in [1.82, 2.24) is 0 Å². The van der Waals surface area contributed by atoms with E-state index < -0.39 is 22.0 Å². The van der Waals surface area contributed by atoms with Gasteiger partial charge >= 0.3 is 142 Å². The van der Waals surface area contributed by atoms with Gasteiger partial charge in [-0.2, -0.15) is 0 Å². The van der Waals surface area contributed by atoms with Crippen molar-refractivity contribution in [3.8, 4) is 0 Å². The maximum atomic E-state index is 5.47. The molecule has 0 aliphatic rings. The van der Waals surface area contributed by atoms with Gasteiger partial charge in [0.05, 0.1) is 0 Å². The van der Waals surface area contributed by atoms with Crippen molar-refractivity contribution in [2.24, 2.45) is 17.8 Å². The van der Waals surface area contributed by atoms with Crippen LogP contribution in [-0.4, -0.2) is 27.4 Å². The fourth-order valence-corrected chi connectivity index (χ4v) is 2.96. The second-order valence-electron chi connectivity index (χ2n) is 5.06. The van der Waals surface area contributed by atoms with Crippen molar-refractivity contribution in [3.05, 3.63) is 38.0 Å². The zero-order valence-electron chi connectivity index (χ0n) is 13.4. The van der Waals surface area contributed by atoms with Crippen molar-refractivity contribution in [2.45, 2.75) is 25.7 Å². The minimum absolute atomic E-state index is 0.460. The molecule has 0 aromatic carbocycles. The Bertz CT molecular complexity index is 281. The van der Waals surface area contributed by atoms with Crippen LogP contribution in [0.2, 0.25) is 0 Å². The predicted octanol–water partition coefficient (Wildman–Crippen LogP) is 1.18. The van der Waals surface area contributed by atoms with Crippen LogP contribution in [0, 0.1) is 17.8 Å². The molecule has 3 unspecified atom stereocenters. The molecule has 4 heteroatoms. The van der Waals surface area contributed by atoms with Gasteiger partial charge in [-0.3, -0.25) is 0 Å². The molecule has 3 nitrogen and oxygen atoms in total. The molecule has 3 atom stereocenters. The number of hydrogen-bond donors (Lipinski definition) is 0. The first-order chi connectivity index (χ1) is 10.2. The van der Waals surface area contributed by atoms with Crippen molar-refractivity contribution in [3.63, 3.8) is 0 Å². The van der Waals surface area contributed by atoms with Crippen LogP contribution >= 0.6 is 0 Å². The Morgan fingerprint density at radius 1 is 0.857 bits per heavy atom. The van der Waals surface area contributed by atoms with Gasteiger partial charge in [0.2, 0.25) is 0 Å². The second-order valence-corrected chi connectivity index (χ2v) is 6.92. The molecule has 0 spiro atoms. The summed E-state index contributed by atoms with van der Waals surface area (Å²) in [5.41, 5.74) is 0. The zero-order valence-corrected chi connectivity index (χ0v) is 15.6. The van der Waals surface area contributed by atoms with Crippen molar-refractivity contribution >= 4 is 0 Å². The van der Waals surface area contributed by atoms with Gasteiger partial charge in [-0.15, -0.1) is 0 Å². The van der Waals surface area contributed by atoms with Gasteiger partial charge in [0.25, 0.3) is 0 Å². The molecule has 0 aromatic rings. The Morgan fingerprint density at radius 2 is 1.38 bits per heavy atom. The molecule has 0 heterocycles. The van der Waals surface area contributed by atoms with Crippen LogP contribution in [0.4, 0.5) is 0 Å². The molecule has 21 heavy (non-hydrogen) atoms. The molecule has 0 rings (SSSR count). The van der Waals surface area contributed by atoms with E-state index in [0.29, 0.717) is 17.8 Å². The van der Waals surface area contributed by atoms with Crippen molar-refractivity contribution in [1.29, 1.82) is 0 Å². The van der Waals surface area contributed by atoms with Crippen LogP contribution in [0.15, 0.2) is 38.0 Å². The Labute approximate surface area is 141 Å². The van der Waals surface area contributed by atoms with E-state index >= 15 is 0 Å². The van der Waals surface area contributed by atoms with Gasteiger partial charge in [-0.25, -0.2) is 0 Å². The topological polar surface area (TPSA) is 27.7 Å². The summed E-state index contributed by atoms with van der Waals surface area (Å²) in [6.07, 6.45) is 10.3. The Hall–Kier alpha value is -0.170. The zero-order chi connectivity index (χ0) is 15.9. The van der Waals surface area contributed by atoms with Crippen LogP contribution in [0.1, 0.15) is 25.7 Å². The second kappa shape index (κ2) is 14.8. The maximum absolute atomic E-state index is 5.47. The molecule has 0 aromatic heterocycles. The summed E-state index contributed by atoms with van der Waals surface area (Å²) in [6.45, 7) is 13.4. The first-order valence-electron chi connectivity index (χ1n) is 7.38. The third-order valence-electron chi connectivity index (χ3n) is 3.58. The van der Waals surface area contributed by atoms with E-state index in [0.717, 1.165) is 38.9 Å². The minimum atomic E-state index is -0.540. The number of hydrogen-bond acceptors (Lipinski definition) is 3. The van der Waals surface area contributed by atoms with Crippen LogP contribution in [0.25, 0.3) is 0 Å². The summed E-state index contributed by atoms with van der Waals surface area (Å²) < 4.78 is 15.6. The third kappa shape index (κ3) is 11.1. The fourth-order valence-electron chi connectivity index (χ4n) is 2.27. The Morgan fingerprint density at radius 3 is 1.81 bits per heavy atom. The number of halogens is 1. The molecule has 0 fully saturated rings. The summed E-state index contributed by atoms with van der Waals surface area (Å²) >= 11 is -0.540. The number of rotatable bonds is 15. The average molecular weight is 409 g/mol. The molecule has 0 N–H and O–H groups in total. The van der Waals surface area contributed by atoms with Crippen molar-refractivity contribution in [2.75, 3.05) is 27.4 Å². The predicted molar refractivity (Wildman–Crippen MR) is 84.4 cm³/mol. The van der Waals surface area contributed by atoms with Crippen molar-refractivity contribution < 1.29 is 32.9 Å². The molecule has 124 valence electrons. The number of ether oxygens (including phenoxy) is 1. The Kier molecular flexibility index (Phi) is 14.6. The standard InChI is InChI=1S/C17H30IO3/c1-6-15(9-11-19-4)13-17(8-3)14-16(7-2)10-12-21-18-20-5/h6-8,15-17H,1-3,9-14H2,4-5H3/q-1.